The van der Waals surface area contributed by atoms with Crippen molar-refractivity contribution in [1.82, 2.24) is 14.5 Å². The van der Waals surface area contributed by atoms with Crippen LogP contribution in [-0.4, -0.2) is 41.1 Å². The van der Waals surface area contributed by atoms with Crippen LogP contribution in [0.2, 0.25) is 0 Å². The summed E-state index contributed by atoms with van der Waals surface area (Å²) in [5.41, 5.74) is 0.852. The molecule has 1 aliphatic heterocycles. The minimum Gasteiger partial charge on any atom is -0.305 e. The van der Waals surface area contributed by atoms with E-state index in [1.54, 1.807) is 13.2 Å². The molecule has 19 heavy (non-hydrogen) atoms. The Morgan fingerprint density at radius 3 is 2.79 bits per heavy atom. The number of hydrogen-bond donors (Lipinski definition) is 0. The highest BCUT2D eigenvalue weighted by Crippen LogP contribution is 2.15. The van der Waals surface area contributed by atoms with Crippen molar-refractivity contribution >= 4 is 22.1 Å². The molecule has 1 unspecified atom stereocenters. The zero-order valence-electron chi connectivity index (χ0n) is 12.2. The maximum atomic E-state index is 4.19. The Kier molecular flexibility index (Phi) is 7.02. The Labute approximate surface area is 124 Å². The van der Waals surface area contributed by atoms with Crippen molar-refractivity contribution in [3.8, 4) is 0 Å². The predicted molar refractivity (Wildman–Crippen MR) is 83.7 cm³/mol. The van der Waals surface area contributed by atoms with Gasteiger partial charge in [0.1, 0.15) is 10.1 Å². The molecule has 1 fully saturated rings. The zero-order chi connectivity index (χ0) is 14.3. The normalized spacial score (nSPS) is 20.7. The Hall–Kier alpha value is -0.940. The summed E-state index contributed by atoms with van der Waals surface area (Å²) in [6.07, 6.45) is 10.5. The Balaban J connectivity index is 0.000000861. The minimum absolute atomic E-state index is 0.541. The SMILES string of the molecule is CC.CN=c1cnc(Br)cn1/C=C/C1CCCN1C. The first kappa shape index (κ1) is 16.1. The lowest BCUT2D eigenvalue weighted by Gasteiger charge is -2.15. The summed E-state index contributed by atoms with van der Waals surface area (Å²) in [4.78, 5) is 10.7. The number of rotatable bonds is 2. The van der Waals surface area contributed by atoms with Gasteiger partial charge in [-0.1, -0.05) is 19.9 Å². The number of likely N-dealkylation sites (N-methyl/N-ethyl adjacent to an activating group) is 1. The summed E-state index contributed by atoms with van der Waals surface area (Å²) in [7, 11) is 3.94. The van der Waals surface area contributed by atoms with Crippen molar-refractivity contribution < 1.29 is 0 Å². The molecule has 1 aliphatic rings. The van der Waals surface area contributed by atoms with E-state index in [1.807, 2.05) is 24.6 Å². The number of hydrogen-bond acceptors (Lipinski definition) is 3. The van der Waals surface area contributed by atoms with Crippen LogP contribution in [0.1, 0.15) is 26.7 Å². The van der Waals surface area contributed by atoms with E-state index in [9.17, 15) is 0 Å². The number of aromatic nitrogens is 2. The third-order valence-corrected chi connectivity index (χ3v) is 3.50. The lowest BCUT2D eigenvalue weighted by Crippen LogP contribution is -2.23. The van der Waals surface area contributed by atoms with Crippen LogP contribution in [0.4, 0.5) is 0 Å². The average molecular weight is 327 g/mol. The van der Waals surface area contributed by atoms with Gasteiger partial charge in [-0.25, -0.2) is 4.98 Å². The average Bonchev–Trinajstić information content (AvgIpc) is 2.84. The van der Waals surface area contributed by atoms with Gasteiger partial charge in [0, 0.05) is 25.5 Å². The van der Waals surface area contributed by atoms with Crippen LogP contribution in [0.15, 0.2) is 28.1 Å². The molecule has 0 spiro atoms. The van der Waals surface area contributed by atoms with E-state index in [0.717, 1.165) is 10.1 Å². The van der Waals surface area contributed by atoms with Crippen molar-refractivity contribution in [3.63, 3.8) is 0 Å². The summed E-state index contributed by atoms with van der Waals surface area (Å²) in [6, 6.07) is 0.541. The van der Waals surface area contributed by atoms with E-state index in [0.29, 0.717) is 6.04 Å². The fourth-order valence-corrected chi connectivity index (χ4v) is 2.39. The van der Waals surface area contributed by atoms with Gasteiger partial charge >= 0.3 is 0 Å². The monoisotopic (exact) mass is 326 g/mol. The summed E-state index contributed by atoms with van der Waals surface area (Å²) < 4.78 is 2.80. The van der Waals surface area contributed by atoms with Crippen LogP contribution < -0.4 is 5.49 Å². The van der Waals surface area contributed by atoms with Crippen LogP contribution in [0.25, 0.3) is 6.20 Å². The first-order chi connectivity index (χ1) is 9.20. The molecule has 4 nitrogen and oxygen atoms in total. The highest BCUT2D eigenvalue weighted by molar-refractivity contribution is 9.10. The third kappa shape index (κ3) is 4.58. The molecule has 106 valence electrons. The molecule has 0 saturated carbocycles. The maximum absolute atomic E-state index is 4.19. The third-order valence-electron chi connectivity index (χ3n) is 3.09. The van der Waals surface area contributed by atoms with E-state index >= 15 is 0 Å². The smallest absolute Gasteiger partial charge is 0.150 e. The molecule has 1 saturated heterocycles. The molecule has 2 heterocycles. The Bertz CT molecular complexity index is 479. The number of halogens is 1. The fraction of sp³-hybridized carbons (Fsp3) is 0.571. The highest BCUT2D eigenvalue weighted by atomic mass is 79.9. The van der Waals surface area contributed by atoms with Crippen molar-refractivity contribution in [2.24, 2.45) is 4.99 Å². The summed E-state index contributed by atoms with van der Waals surface area (Å²) in [5.74, 6) is 0. The van der Waals surface area contributed by atoms with Gasteiger partial charge in [-0.2, -0.15) is 0 Å². The molecule has 0 bridgehead atoms. The molecule has 1 aromatic rings. The van der Waals surface area contributed by atoms with Gasteiger partial charge in [-0.3, -0.25) is 9.89 Å². The molecule has 0 radical (unpaired) electrons. The standard InChI is InChI=1S/C12H17BrN4.C2H6/c1-14-12-8-15-11(13)9-17(12)7-5-10-4-3-6-16(10)2;1-2/h5,7-10H,3-4,6H2,1-2H3;1-2H3/b7-5+,14-12?;. The fourth-order valence-electron chi connectivity index (χ4n) is 2.06. The van der Waals surface area contributed by atoms with E-state index in [1.165, 1.54) is 19.4 Å². The van der Waals surface area contributed by atoms with Gasteiger partial charge in [0.25, 0.3) is 0 Å². The molecule has 0 amide bonds. The highest BCUT2D eigenvalue weighted by Gasteiger charge is 2.17. The van der Waals surface area contributed by atoms with E-state index in [2.05, 4.69) is 50.1 Å². The molecule has 0 N–H and O–H groups in total. The second-order valence-corrected chi connectivity index (χ2v) is 5.04. The van der Waals surface area contributed by atoms with Gasteiger partial charge in [0.05, 0.1) is 6.20 Å². The lowest BCUT2D eigenvalue weighted by molar-refractivity contribution is 0.357. The molecule has 0 aliphatic carbocycles. The van der Waals surface area contributed by atoms with Crippen LogP contribution in [-0.2, 0) is 0 Å². The Morgan fingerprint density at radius 2 is 2.21 bits per heavy atom. The molecule has 5 heteroatoms. The molecule has 2 rings (SSSR count). The van der Waals surface area contributed by atoms with Crippen molar-refractivity contribution in [1.29, 1.82) is 0 Å². The summed E-state index contributed by atoms with van der Waals surface area (Å²) in [6.45, 7) is 5.19. The Morgan fingerprint density at radius 1 is 1.47 bits per heavy atom. The zero-order valence-corrected chi connectivity index (χ0v) is 13.8. The van der Waals surface area contributed by atoms with Crippen LogP contribution in [0, 0.1) is 0 Å². The van der Waals surface area contributed by atoms with Gasteiger partial charge in [-0.15, -0.1) is 0 Å². The molecular formula is C14H23BrN4. The van der Waals surface area contributed by atoms with E-state index in [4.69, 9.17) is 0 Å². The second kappa shape index (κ2) is 8.27. The molecule has 1 atom stereocenters. The van der Waals surface area contributed by atoms with Gasteiger partial charge < -0.3 is 4.57 Å². The quantitative estimate of drug-likeness (QED) is 0.837. The minimum atomic E-state index is 0.541. The van der Waals surface area contributed by atoms with E-state index < -0.39 is 0 Å². The van der Waals surface area contributed by atoms with Crippen molar-refractivity contribution in [3.05, 3.63) is 28.6 Å². The van der Waals surface area contributed by atoms with E-state index in [-0.39, 0.29) is 0 Å². The number of likely N-dealkylation sites (tertiary alicyclic amines) is 1. The summed E-state index contributed by atoms with van der Waals surface area (Å²) >= 11 is 3.37. The van der Waals surface area contributed by atoms with Crippen LogP contribution in [0.3, 0.4) is 0 Å². The lowest BCUT2D eigenvalue weighted by atomic mass is 10.2. The van der Waals surface area contributed by atoms with Crippen LogP contribution in [0.5, 0.6) is 0 Å². The molecular weight excluding hydrogens is 304 g/mol. The maximum Gasteiger partial charge on any atom is 0.150 e. The predicted octanol–water partition coefficient (Wildman–Crippen LogP) is 2.77. The van der Waals surface area contributed by atoms with Crippen LogP contribution >= 0.6 is 15.9 Å². The molecule has 0 aromatic carbocycles. The van der Waals surface area contributed by atoms with Gasteiger partial charge in [0.15, 0.2) is 0 Å². The number of nitrogens with zero attached hydrogens (tertiary/aromatic N) is 4. The van der Waals surface area contributed by atoms with Crippen molar-refractivity contribution in [2.45, 2.75) is 32.7 Å². The van der Waals surface area contributed by atoms with Crippen molar-refractivity contribution in [2.75, 3.05) is 20.6 Å². The topological polar surface area (TPSA) is 33.4 Å². The first-order valence-electron chi connectivity index (χ1n) is 6.76. The molecule has 1 aromatic heterocycles. The second-order valence-electron chi connectivity index (χ2n) is 4.23. The largest absolute Gasteiger partial charge is 0.305 e. The first-order valence-corrected chi connectivity index (χ1v) is 7.55. The summed E-state index contributed by atoms with van der Waals surface area (Å²) in [5, 5.41) is 0. The van der Waals surface area contributed by atoms with Gasteiger partial charge in [-0.05, 0) is 42.4 Å². The van der Waals surface area contributed by atoms with Gasteiger partial charge in [0.2, 0.25) is 0 Å².